The summed E-state index contributed by atoms with van der Waals surface area (Å²) in [6.07, 6.45) is 5.14. The highest BCUT2D eigenvalue weighted by molar-refractivity contribution is 5.89. The smallest absolute Gasteiger partial charge is 0.337 e. The lowest BCUT2D eigenvalue weighted by Gasteiger charge is -1.97. The first kappa shape index (κ1) is 11.7. The molecule has 0 fully saturated rings. The molecule has 1 aromatic carbocycles. The fourth-order valence-electron chi connectivity index (χ4n) is 0.820. The summed E-state index contributed by atoms with van der Waals surface area (Å²) in [5, 5.41) is 12.0. The first-order valence-corrected chi connectivity index (χ1v) is 3.63. The minimum atomic E-state index is -0.349. The predicted molar refractivity (Wildman–Crippen MR) is 49.2 cm³/mol. The summed E-state index contributed by atoms with van der Waals surface area (Å²) < 4.78 is 4.52. The van der Waals surface area contributed by atoms with Crippen molar-refractivity contribution in [2.75, 3.05) is 7.11 Å². The molecule has 0 saturated carbocycles. The third-order valence-corrected chi connectivity index (χ3v) is 1.47. The van der Waals surface area contributed by atoms with E-state index >= 15 is 0 Å². The molecule has 0 saturated heterocycles. The first-order valence-electron chi connectivity index (χ1n) is 3.63. The van der Waals surface area contributed by atoms with E-state index in [1.165, 1.54) is 7.11 Å². The van der Waals surface area contributed by atoms with E-state index in [-0.39, 0.29) is 5.97 Å². The van der Waals surface area contributed by atoms with Crippen LogP contribution in [0.2, 0.25) is 0 Å². The largest absolute Gasteiger partial charge is 0.465 e. The van der Waals surface area contributed by atoms with E-state index in [9.17, 15) is 4.79 Å². The van der Waals surface area contributed by atoms with E-state index in [1.54, 1.807) is 24.3 Å². The van der Waals surface area contributed by atoms with Crippen molar-refractivity contribution in [2.24, 2.45) is 0 Å². The summed E-state index contributed by atoms with van der Waals surface area (Å²) >= 11 is 0. The third-order valence-electron chi connectivity index (χ3n) is 1.47. The molecule has 0 N–H and O–H groups in total. The highest BCUT2D eigenvalue weighted by Gasteiger charge is 2.02. The van der Waals surface area contributed by atoms with E-state index in [1.807, 2.05) is 0 Å². The average molecular weight is 188 g/mol. The van der Waals surface area contributed by atoms with Gasteiger partial charge < -0.3 is 4.74 Å². The second kappa shape index (κ2) is 6.22. The number of ether oxygens (including phenoxy) is 1. The molecular weight excluding hydrogens is 180 g/mol. The normalized spacial score (nSPS) is 7.57. The zero-order chi connectivity index (χ0) is 11.0. The summed E-state index contributed by atoms with van der Waals surface area (Å²) in [5.74, 6) is 2.11. The van der Waals surface area contributed by atoms with Crippen LogP contribution in [0.1, 0.15) is 15.9 Å². The second-order valence-electron chi connectivity index (χ2n) is 2.21. The summed E-state index contributed by atoms with van der Waals surface area (Å²) in [7, 11) is 1.34. The van der Waals surface area contributed by atoms with E-state index in [2.05, 4.69) is 10.7 Å². The van der Waals surface area contributed by atoms with Gasteiger partial charge in [-0.1, -0.05) is 5.92 Å². The van der Waals surface area contributed by atoms with Gasteiger partial charge in [0.2, 0.25) is 0 Å². The van der Waals surface area contributed by atoms with Gasteiger partial charge in [-0.25, -0.2) is 4.79 Å². The zero-order valence-corrected chi connectivity index (χ0v) is 7.60. The molecule has 70 valence electrons. The lowest BCUT2D eigenvalue weighted by atomic mass is 10.1. The van der Waals surface area contributed by atoms with Gasteiger partial charge in [0.1, 0.15) is 0 Å². The van der Waals surface area contributed by atoms with Crippen molar-refractivity contribution in [3.8, 4) is 12.3 Å². The van der Waals surface area contributed by atoms with Crippen LogP contribution in [0.4, 0.5) is 0 Å². The van der Waals surface area contributed by atoms with E-state index < -0.39 is 0 Å². The summed E-state index contributed by atoms with van der Waals surface area (Å²) in [6, 6.07) is 6.68. The van der Waals surface area contributed by atoms with Crippen molar-refractivity contribution in [3.63, 3.8) is 0 Å². The van der Waals surface area contributed by atoms with Gasteiger partial charge in [-0.3, -0.25) is 0 Å². The van der Waals surface area contributed by atoms with Gasteiger partial charge in [-0.05, 0) is 24.3 Å². The summed E-state index contributed by atoms with van der Waals surface area (Å²) in [5.41, 5.74) is 1.26. The Bertz CT molecular complexity index is 360. The number of methoxy groups -OCH3 is 1. The first-order chi connectivity index (χ1) is 6.77. The monoisotopic (exact) mass is 188 g/mol. The molecule has 0 spiro atoms. The standard InChI is InChI=1S/C10H8O2.N2/c1-3-8-4-6-9(7-5-8)10(11)12-2;1-2/h1,4-7H,2H3;. The number of rotatable bonds is 1. The Morgan fingerprint density at radius 2 is 1.86 bits per heavy atom. The number of esters is 1. The van der Waals surface area contributed by atoms with E-state index in [4.69, 9.17) is 17.2 Å². The van der Waals surface area contributed by atoms with Crippen molar-refractivity contribution in [2.45, 2.75) is 0 Å². The van der Waals surface area contributed by atoms with Crippen molar-refractivity contribution in [3.05, 3.63) is 35.4 Å². The molecule has 4 heteroatoms. The average Bonchev–Trinajstić information content (AvgIpc) is 2.31. The van der Waals surface area contributed by atoms with Gasteiger partial charge in [0.25, 0.3) is 0 Å². The Kier molecular flexibility index (Phi) is 5.18. The van der Waals surface area contributed by atoms with Crippen LogP contribution >= 0.6 is 0 Å². The minimum Gasteiger partial charge on any atom is -0.465 e. The van der Waals surface area contributed by atoms with Crippen molar-refractivity contribution >= 4 is 5.97 Å². The maximum absolute atomic E-state index is 10.9. The molecule has 0 aliphatic rings. The quantitative estimate of drug-likeness (QED) is 0.380. The lowest BCUT2D eigenvalue weighted by molar-refractivity contribution is 0.0601. The summed E-state index contributed by atoms with van der Waals surface area (Å²) in [4.78, 5) is 10.9. The van der Waals surface area contributed by atoms with Gasteiger partial charge in [0.15, 0.2) is 0 Å². The maximum Gasteiger partial charge on any atom is 0.337 e. The minimum absolute atomic E-state index is 0.349. The third kappa shape index (κ3) is 2.96. The van der Waals surface area contributed by atoms with Gasteiger partial charge in [-0.15, -0.1) is 6.42 Å². The van der Waals surface area contributed by atoms with Crippen molar-refractivity contribution < 1.29 is 9.53 Å². The van der Waals surface area contributed by atoms with Crippen LogP contribution in [-0.2, 0) is 4.74 Å². The second-order valence-corrected chi connectivity index (χ2v) is 2.21. The summed E-state index contributed by atoms with van der Waals surface area (Å²) in [6.45, 7) is 0. The molecule has 0 bridgehead atoms. The van der Waals surface area contributed by atoms with Crippen LogP contribution in [0.15, 0.2) is 24.3 Å². The lowest BCUT2D eigenvalue weighted by Crippen LogP contribution is -2.00. The highest BCUT2D eigenvalue weighted by Crippen LogP contribution is 2.03. The molecule has 0 atom stereocenters. The molecule has 4 nitrogen and oxygen atoms in total. The molecule has 14 heavy (non-hydrogen) atoms. The Balaban J connectivity index is 0.000000791. The topological polar surface area (TPSA) is 73.9 Å². The number of terminal acetylenes is 1. The van der Waals surface area contributed by atoms with Crippen molar-refractivity contribution in [1.29, 1.82) is 10.8 Å². The predicted octanol–water partition coefficient (Wildman–Crippen LogP) is 1.48. The zero-order valence-electron chi connectivity index (χ0n) is 7.60. The number of benzene rings is 1. The SMILES string of the molecule is C#Cc1ccc(C(=O)OC)cc1.N#N. The molecule has 0 unspecified atom stereocenters. The fourth-order valence-corrected chi connectivity index (χ4v) is 0.820. The highest BCUT2D eigenvalue weighted by atomic mass is 16.5. The molecule has 0 radical (unpaired) electrons. The maximum atomic E-state index is 10.9. The van der Waals surface area contributed by atoms with Crippen LogP contribution in [0.25, 0.3) is 0 Å². The number of carbonyl (C=O) groups is 1. The number of hydrogen-bond donors (Lipinski definition) is 0. The van der Waals surface area contributed by atoms with Crippen LogP contribution < -0.4 is 0 Å². The Labute approximate surface area is 81.9 Å². The Morgan fingerprint density at radius 1 is 1.36 bits per heavy atom. The number of hydrogen-bond acceptors (Lipinski definition) is 4. The molecular formula is C10H8N2O2. The van der Waals surface area contributed by atoms with E-state index in [0.29, 0.717) is 5.56 Å². The van der Waals surface area contributed by atoms with Crippen LogP contribution in [0.5, 0.6) is 0 Å². The molecule has 0 amide bonds. The Morgan fingerprint density at radius 3 is 2.21 bits per heavy atom. The molecule has 1 rings (SSSR count). The van der Waals surface area contributed by atoms with Gasteiger partial charge in [0.05, 0.1) is 12.7 Å². The molecule has 0 heterocycles. The number of carbonyl (C=O) groups excluding carboxylic acids is 1. The van der Waals surface area contributed by atoms with Gasteiger partial charge >= 0.3 is 5.97 Å². The van der Waals surface area contributed by atoms with Crippen LogP contribution in [-0.4, -0.2) is 13.1 Å². The van der Waals surface area contributed by atoms with E-state index in [0.717, 1.165) is 5.56 Å². The Hall–Kier alpha value is -2.33. The fraction of sp³-hybridized carbons (Fsp3) is 0.100. The van der Waals surface area contributed by atoms with Gasteiger partial charge in [-0.2, -0.15) is 0 Å². The van der Waals surface area contributed by atoms with Gasteiger partial charge in [0, 0.05) is 16.3 Å². The molecule has 0 aliphatic heterocycles. The van der Waals surface area contributed by atoms with Crippen LogP contribution in [0, 0.1) is 23.1 Å². The molecule has 1 aromatic rings. The van der Waals surface area contributed by atoms with Crippen molar-refractivity contribution in [1.82, 2.24) is 0 Å². The van der Waals surface area contributed by atoms with Crippen LogP contribution in [0.3, 0.4) is 0 Å². The number of nitrogens with zero attached hydrogens (tertiary/aromatic N) is 2. The molecule has 0 aromatic heterocycles. The molecule has 0 aliphatic carbocycles.